The van der Waals surface area contributed by atoms with Gasteiger partial charge in [0, 0.05) is 42.5 Å². The van der Waals surface area contributed by atoms with Gasteiger partial charge in [-0.1, -0.05) is 44.2 Å². The number of anilines is 2. The highest BCUT2D eigenvalue weighted by atomic mass is 16.2. The monoisotopic (exact) mass is 552 g/mol. The number of nitrogens with two attached hydrogens (primary N) is 1. The molecule has 0 radical (unpaired) electrons. The molecule has 4 aromatic rings. The molecule has 1 saturated heterocycles. The fraction of sp³-hybridized carbons (Fsp3) is 0.323. The fourth-order valence-electron chi connectivity index (χ4n) is 5.15. The molecule has 1 aliphatic heterocycles. The third-order valence-corrected chi connectivity index (χ3v) is 7.39. The van der Waals surface area contributed by atoms with Crippen molar-refractivity contribution in [3.8, 4) is 11.3 Å². The van der Waals surface area contributed by atoms with Crippen molar-refractivity contribution in [2.24, 2.45) is 0 Å². The number of hydrogen-bond acceptors (Lipinski definition) is 7. The van der Waals surface area contributed by atoms with E-state index < -0.39 is 0 Å². The lowest BCUT2D eigenvalue weighted by Crippen LogP contribution is -2.40. The highest BCUT2D eigenvalue weighted by Crippen LogP contribution is 2.34. The standard InChI is InChI=1S/C31H36N8O2/c1-20(2)21-11-13-24(14-12-21)36-31(41)23-8-4-7-22(17-23)28-27-29(32)34-19-35-30(27)39(37-28)25-9-6-16-38(18-25)26(40)10-5-15-33-3/h4-5,7-8,10-14,17,19-20,25,33H,6,9,15-16,18H2,1-3H3,(H,36,41)(H2,32,34,35)/b10-5+/t25-/m1/s1. The van der Waals surface area contributed by atoms with Crippen molar-refractivity contribution < 1.29 is 9.59 Å². The maximum absolute atomic E-state index is 13.2. The molecule has 3 heterocycles. The van der Waals surface area contributed by atoms with Crippen molar-refractivity contribution in [1.29, 1.82) is 0 Å². The number of likely N-dealkylation sites (tertiary alicyclic amines) is 1. The number of amides is 2. The Hall–Kier alpha value is -4.57. The van der Waals surface area contributed by atoms with Crippen LogP contribution < -0.4 is 16.4 Å². The van der Waals surface area contributed by atoms with Gasteiger partial charge < -0.3 is 21.3 Å². The second kappa shape index (κ2) is 12.3. The third-order valence-electron chi connectivity index (χ3n) is 7.39. The Morgan fingerprint density at radius 2 is 1.95 bits per heavy atom. The Bertz CT molecular complexity index is 1580. The van der Waals surface area contributed by atoms with Crippen molar-refractivity contribution in [3.05, 3.63) is 78.1 Å². The molecule has 0 aliphatic carbocycles. The molecule has 41 heavy (non-hydrogen) atoms. The van der Waals surface area contributed by atoms with E-state index in [4.69, 9.17) is 10.8 Å². The largest absolute Gasteiger partial charge is 0.383 e. The first kappa shape index (κ1) is 28.0. The van der Waals surface area contributed by atoms with Gasteiger partial charge in [-0.3, -0.25) is 9.59 Å². The Balaban J connectivity index is 1.43. The van der Waals surface area contributed by atoms with Crippen LogP contribution in [0.25, 0.3) is 22.3 Å². The number of likely N-dealkylation sites (N-methyl/N-ethyl adjacent to an activating group) is 1. The van der Waals surface area contributed by atoms with Gasteiger partial charge in [0.25, 0.3) is 5.91 Å². The van der Waals surface area contributed by atoms with Crippen LogP contribution in [0, 0.1) is 0 Å². The van der Waals surface area contributed by atoms with Gasteiger partial charge in [0.15, 0.2) is 5.65 Å². The summed E-state index contributed by atoms with van der Waals surface area (Å²) in [5, 5.41) is 11.6. The number of carbonyl (C=O) groups excluding carboxylic acids is 2. The van der Waals surface area contributed by atoms with Crippen molar-refractivity contribution >= 4 is 34.4 Å². The quantitative estimate of drug-likeness (QED) is 0.276. The molecule has 1 atom stereocenters. The third kappa shape index (κ3) is 6.12. The predicted molar refractivity (Wildman–Crippen MR) is 162 cm³/mol. The molecular weight excluding hydrogens is 516 g/mol. The molecule has 2 amide bonds. The fourth-order valence-corrected chi connectivity index (χ4v) is 5.15. The summed E-state index contributed by atoms with van der Waals surface area (Å²) in [4.78, 5) is 36.5. The minimum Gasteiger partial charge on any atom is -0.383 e. The highest BCUT2D eigenvalue weighted by Gasteiger charge is 2.28. The number of benzene rings is 2. The SMILES string of the molecule is CNC/C=C/C(=O)N1CCC[C@@H](n2nc(-c3cccc(C(=O)Nc4ccc(C(C)C)cc4)c3)c3c(N)ncnc32)C1. The van der Waals surface area contributed by atoms with Gasteiger partial charge in [-0.05, 0) is 55.6 Å². The minimum absolute atomic E-state index is 0.0201. The highest BCUT2D eigenvalue weighted by molar-refractivity contribution is 6.06. The maximum atomic E-state index is 13.2. The number of nitrogens with zero attached hydrogens (tertiary/aromatic N) is 5. The normalized spacial score (nSPS) is 15.6. The number of hydrogen-bond donors (Lipinski definition) is 3. The average molecular weight is 553 g/mol. The number of fused-ring (bicyclic) bond motifs is 1. The summed E-state index contributed by atoms with van der Waals surface area (Å²) >= 11 is 0. The lowest BCUT2D eigenvalue weighted by molar-refractivity contribution is -0.127. The Kier molecular flexibility index (Phi) is 8.39. The summed E-state index contributed by atoms with van der Waals surface area (Å²) < 4.78 is 1.86. The summed E-state index contributed by atoms with van der Waals surface area (Å²) in [6, 6.07) is 15.1. The zero-order chi connectivity index (χ0) is 28.9. The molecule has 0 saturated carbocycles. The summed E-state index contributed by atoms with van der Waals surface area (Å²) in [6.45, 7) is 6.11. The van der Waals surface area contributed by atoms with E-state index in [0.717, 1.165) is 24.1 Å². The molecule has 212 valence electrons. The zero-order valence-corrected chi connectivity index (χ0v) is 23.7. The van der Waals surface area contributed by atoms with E-state index in [9.17, 15) is 9.59 Å². The van der Waals surface area contributed by atoms with Crippen LogP contribution in [0.1, 0.15) is 54.6 Å². The second-order valence-electron chi connectivity index (χ2n) is 10.6. The first-order chi connectivity index (χ1) is 19.9. The van der Waals surface area contributed by atoms with E-state index in [2.05, 4.69) is 34.4 Å². The van der Waals surface area contributed by atoms with Crippen LogP contribution in [0.2, 0.25) is 0 Å². The van der Waals surface area contributed by atoms with Crippen molar-refractivity contribution in [2.45, 2.75) is 38.6 Å². The Morgan fingerprint density at radius 1 is 1.15 bits per heavy atom. The average Bonchev–Trinajstić information content (AvgIpc) is 3.39. The number of nitrogens with one attached hydrogen (secondary N) is 2. The topological polar surface area (TPSA) is 131 Å². The molecule has 10 nitrogen and oxygen atoms in total. The lowest BCUT2D eigenvalue weighted by Gasteiger charge is -2.32. The van der Waals surface area contributed by atoms with Crippen LogP contribution in [0.5, 0.6) is 0 Å². The van der Waals surface area contributed by atoms with Gasteiger partial charge in [-0.15, -0.1) is 0 Å². The van der Waals surface area contributed by atoms with Gasteiger partial charge in [-0.25, -0.2) is 14.6 Å². The summed E-state index contributed by atoms with van der Waals surface area (Å²) in [7, 11) is 1.84. The molecule has 1 fully saturated rings. The minimum atomic E-state index is -0.218. The second-order valence-corrected chi connectivity index (χ2v) is 10.6. The molecule has 0 unspecified atom stereocenters. The summed E-state index contributed by atoms with van der Waals surface area (Å²) in [6.07, 6.45) is 6.57. The predicted octanol–water partition coefficient (Wildman–Crippen LogP) is 4.39. The summed E-state index contributed by atoms with van der Waals surface area (Å²) in [5.74, 6) is 0.494. The number of piperidine rings is 1. The Labute approximate surface area is 239 Å². The van der Waals surface area contributed by atoms with E-state index >= 15 is 0 Å². The molecule has 0 bridgehead atoms. The number of rotatable bonds is 8. The van der Waals surface area contributed by atoms with E-state index in [0.29, 0.717) is 53.7 Å². The molecule has 2 aromatic heterocycles. The molecule has 10 heteroatoms. The lowest BCUT2D eigenvalue weighted by atomic mass is 10.0. The van der Waals surface area contributed by atoms with Crippen molar-refractivity contribution in [3.63, 3.8) is 0 Å². The van der Waals surface area contributed by atoms with Crippen LogP contribution in [-0.2, 0) is 4.79 Å². The van der Waals surface area contributed by atoms with E-state index in [1.165, 1.54) is 11.9 Å². The van der Waals surface area contributed by atoms with Crippen molar-refractivity contribution in [2.75, 3.05) is 37.7 Å². The van der Waals surface area contributed by atoms with Crippen LogP contribution in [0.3, 0.4) is 0 Å². The smallest absolute Gasteiger partial charge is 0.255 e. The van der Waals surface area contributed by atoms with Crippen LogP contribution in [-0.4, -0.2) is 63.1 Å². The Morgan fingerprint density at radius 3 is 2.71 bits per heavy atom. The van der Waals surface area contributed by atoms with Crippen LogP contribution in [0.4, 0.5) is 11.5 Å². The number of nitrogen functional groups attached to an aromatic ring is 1. The van der Waals surface area contributed by atoms with E-state index in [1.807, 2.05) is 59.1 Å². The molecule has 5 rings (SSSR count). The molecule has 1 aliphatic rings. The van der Waals surface area contributed by atoms with Gasteiger partial charge in [-0.2, -0.15) is 5.10 Å². The number of aromatic nitrogens is 4. The first-order valence-electron chi connectivity index (χ1n) is 14.0. The zero-order valence-electron chi connectivity index (χ0n) is 23.7. The molecular formula is C31H36N8O2. The molecule has 2 aromatic carbocycles. The van der Waals surface area contributed by atoms with Crippen molar-refractivity contribution in [1.82, 2.24) is 30.0 Å². The van der Waals surface area contributed by atoms with E-state index in [1.54, 1.807) is 18.2 Å². The van der Waals surface area contributed by atoms with Crippen LogP contribution in [0.15, 0.2) is 67.0 Å². The number of carbonyl (C=O) groups is 2. The summed E-state index contributed by atoms with van der Waals surface area (Å²) in [5.41, 5.74) is 10.7. The van der Waals surface area contributed by atoms with E-state index in [-0.39, 0.29) is 17.9 Å². The maximum Gasteiger partial charge on any atom is 0.255 e. The molecule has 4 N–H and O–H groups in total. The van der Waals surface area contributed by atoms with Gasteiger partial charge in [0.05, 0.1) is 11.4 Å². The van der Waals surface area contributed by atoms with Gasteiger partial charge >= 0.3 is 0 Å². The first-order valence-corrected chi connectivity index (χ1v) is 14.0. The van der Waals surface area contributed by atoms with Gasteiger partial charge in [0.1, 0.15) is 17.8 Å². The molecule has 0 spiro atoms. The van der Waals surface area contributed by atoms with Crippen LogP contribution >= 0.6 is 0 Å². The van der Waals surface area contributed by atoms with Gasteiger partial charge in [0.2, 0.25) is 5.91 Å².